The SMILES string of the molecule is NC1(C2COc3ccccc3C2)CCC1. The van der Waals surface area contributed by atoms with Crippen LogP contribution in [0.4, 0.5) is 0 Å². The third kappa shape index (κ3) is 1.44. The van der Waals surface area contributed by atoms with Gasteiger partial charge in [0.25, 0.3) is 0 Å². The fraction of sp³-hybridized carbons (Fsp3) is 0.538. The van der Waals surface area contributed by atoms with Crippen LogP contribution < -0.4 is 10.5 Å². The molecule has 0 spiro atoms. The molecular weight excluding hydrogens is 186 g/mol. The normalized spacial score (nSPS) is 27.4. The fourth-order valence-corrected chi connectivity index (χ4v) is 2.69. The van der Waals surface area contributed by atoms with Crippen molar-refractivity contribution in [2.75, 3.05) is 6.61 Å². The highest BCUT2D eigenvalue weighted by Gasteiger charge is 2.42. The molecule has 1 heterocycles. The molecular formula is C13H17NO. The molecule has 80 valence electrons. The molecule has 0 amide bonds. The van der Waals surface area contributed by atoms with Crippen LogP contribution in [0, 0.1) is 5.92 Å². The first-order chi connectivity index (χ1) is 7.28. The Morgan fingerprint density at radius 1 is 1.27 bits per heavy atom. The smallest absolute Gasteiger partial charge is 0.122 e. The van der Waals surface area contributed by atoms with Crippen LogP contribution in [0.2, 0.25) is 0 Å². The largest absolute Gasteiger partial charge is 0.493 e. The lowest BCUT2D eigenvalue weighted by Crippen LogP contribution is -2.56. The van der Waals surface area contributed by atoms with Crippen molar-refractivity contribution in [2.24, 2.45) is 11.7 Å². The number of hydrogen-bond acceptors (Lipinski definition) is 2. The van der Waals surface area contributed by atoms with Crippen molar-refractivity contribution in [1.82, 2.24) is 0 Å². The molecule has 1 unspecified atom stereocenters. The average Bonchev–Trinajstić information content (AvgIpc) is 2.25. The Hall–Kier alpha value is -1.02. The summed E-state index contributed by atoms with van der Waals surface area (Å²) in [6.07, 6.45) is 4.72. The first-order valence-corrected chi connectivity index (χ1v) is 5.77. The predicted molar refractivity (Wildman–Crippen MR) is 59.9 cm³/mol. The van der Waals surface area contributed by atoms with Crippen LogP contribution >= 0.6 is 0 Å². The van der Waals surface area contributed by atoms with Crippen molar-refractivity contribution in [1.29, 1.82) is 0 Å². The Kier molecular flexibility index (Phi) is 1.99. The molecule has 2 aliphatic rings. The maximum absolute atomic E-state index is 6.35. The van der Waals surface area contributed by atoms with Gasteiger partial charge in [-0.05, 0) is 37.3 Å². The van der Waals surface area contributed by atoms with Gasteiger partial charge < -0.3 is 10.5 Å². The van der Waals surface area contributed by atoms with Crippen molar-refractivity contribution < 1.29 is 4.74 Å². The first-order valence-electron chi connectivity index (χ1n) is 5.77. The maximum Gasteiger partial charge on any atom is 0.122 e. The summed E-state index contributed by atoms with van der Waals surface area (Å²) in [5.74, 6) is 1.57. The lowest BCUT2D eigenvalue weighted by atomic mass is 9.67. The number of fused-ring (bicyclic) bond motifs is 1. The lowest BCUT2D eigenvalue weighted by Gasteiger charge is -2.46. The van der Waals surface area contributed by atoms with E-state index in [4.69, 9.17) is 10.5 Å². The van der Waals surface area contributed by atoms with Crippen LogP contribution in [0.3, 0.4) is 0 Å². The van der Waals surface area contributed by atoms with Crippen LogP contribution in [0.5, 0.6) is 5.75 Å². The van der Waals surface area contributed by atoms with E-state index in [1.54, 1.807) is 0 Å². The molecule has 1 saturated carbocycles. The van der Waals surface area contributed by atoms with Gasteiger partial charge in [0.15, 0.2) is 0 Å². The lowest BCUT2D eigenvalue weighted by molar-refractivity contribution is 0.0883. The van der Waals surface area contributed by atoms with Crippen LogP contribution in [-0.2, 0) is 6.42 Å². The molecule has 1 aliphatic carbocycles. The van der Waals surface area contributed by atoms with E-state index in [1.807, 2.05) is 6.07 Å². The van der Waals surface area contributed by atoms with E-state index < -0.39 is 0 Å². The van der Waals surface area contributed by atoms with Gasteiger partial charge in [0, 0.05) is 11.5 Å². The summed E-state index contributed by atoms with van der Waals surface area (Å²) in [5.41, 5.74) is 7.74. The Balaban J connectivity index is 1.83. The Labute approximate surface area is 90.4 Å². The van der Waals surface area contributed by atoms with Crippen LogP contribution in [0.15, 0.2) is 24.3 Å². The molecule has 3 rings (SSSR count). The van der Waals surface area contributed by atoms with Gasteiger partial charge >= 0.3 is 0 Å². The number of ether oxygens (including phenoxy) is 1. The number of rotatable bonds is 1. The molecule has 0 aromatic heterocycles. The van der Waals surface area contributed by atoms with Crippen LogP contribution in [-0.4, -0.2) is 12.1 Å². The van der Waals surface area contributed by atoms with E-state index >= 15 is 0 Å². The highest BCUT2D eigenvalue weighted by Crippen LogP contribution is 2.40. The second-order valence-corrected chi connectivity index (χ2v) is 4.91. The van der Waals surface area contributed by atoms with Crippen LogP contribution in [0.1, 0.15) is 24.8 Å². The minimum atomic E-state index is 0.0630. The molecule has 1 aliphatic heterocycles. The maximum atomic E-state index is 6.35. The number of benzene rings is 1. The van der Waals surface area contributed by atoms with Crippen LogP contribution in [0.25, 0.3) is 0 Å². The van der Waals surface area contributed by atoms with Gasteiger partial charge in [0.05, 0.1) is 6.61 Å². The van der Waals surface area contributed by atoms with Crippen molar-refractivity contribution in [2.45, 2.75) is 31.2 Å². The second kappa shape index (κ2) is 3.24. The standard InChI is InChI=1S/C13H17NO/c14-13(6-3-7-13)11-8-10-4-1-2-5-12(10)15-9-11/h1-2,4-5,11H,3,6-9,14H2. The number of hydrogen-bond donors (Lipinski definition) is 1. The zero-order chi connectivity index (χ0) is 10.3. The van der Waals surface area contributed by atoms with E-state index in [0.717, 1.165) is 18.8 Å². The summed E-state index contributed by atoms with van der Waals surface area (Å²) in [7, 11) is 0. The summed E-state index contributed by atoms with van der Waals surface area (Å²) in [5, 5.41) is 0. The molecule has 1 fully saturated rings. The second-order valence-electron chi connectivity index (χ2n) is 4.91. The zero-order valence-electron chi connectivity index (χ0n) is 8.91. The van der Waals surface area contributed by atoms with E-state index in [0.29, 0.717) is 5.92 Å². The quantitative estimate of drug-likeness (QED) is 0.758. The molecule has 0 saturated heterocycles. The summed E-state index contributed by atoms with van der Waals surface area (Å²) in [6.45, 7) is 0.799. The van der Waals surface area contributed by atoms with Gasteiger partial charge in [-0.15, -0.1) is 0 Å². The van der Waals surface area contributed by atoms with E-state index in [1.165, 1.54) is 24.8 Å². The average molecular weight is 203 g/mol. The van der Waals surface area contributed by atoms with Crippen molar-refractivity contribution in [3.8, 4) is 5.75 Å². The van der Waals surface area contributed by atoms with Gasteiger partial charge in [-0.1, -0.05) is 18.2 Å². The molecule has 0 bridgehead atoms. The highest BCUT2D eigenvalue weighted by atomic mass is 16.5. The van der Waals surface area contributed by atoms with Gasteiger partial charge in [0.2, 0.25) is 0 Å². The number of para-hydroxylation sites is 1. The van der Waals surface area contributed by atoms with Gasteiger partial charge in [-0.3, -0.25) is 0 Å². The highest BCUT2D eigenvalue weighted by molar-refractivity contribution is 5.35. The summed E-state index contributed by atoms with van der Waals surface area (Å²) in [4.78, 5) is 0. The molecule has 15 heavy (non-hydrogen) atoms. The number of nitrogens with two attached hydrogens (primary N) is 1. The van der Waals surface area contributed by atoms with E-state index in [-0.39, 0.29) is 5.54 Å². The third-order valence-corrected chi connectivity index (χ3v) is 3.98. The van der Waals surface area contributed by atoms with Crippen molar-refractivity contribution >= 4 is 0 Å². The third-order valence-electron chi connectivity index (χ3n) is 3.98. The van der Waals surface area contributed by atoms with Gasteiger partial charge in [-0.2, -0.15) is 0 Å². The summed E-state index contributed by atoms with van der Waals surface area (Å²) >= 11 is 0. The van der Waals surface area contributed by atoms with E-state index in [9.17, 15) is 0 Å². The molecule has 2 nitrogen and oxygen atoms in total. The minimum Gasteiger partial charge on any atom is -0.493 e. The van der Waals surface area contributed by atoms with Crippen molar-refractivity contribution in [3.05, 3.63) is 29.8 Å². The monoisotopic (exact) mass is 203 g/mol. The molecule has 1 aromatic rings. The molecule has 1 atom stereocenters. The van der Waals surface area contributed by atoms with E-state index in [2.05, 4.69) is 18.2 Å². The summed E-state index contributed by atoms with van der Waals surface area (Å²) < 4.78 is 5.78. The molecule has 0 radical (unpaired) electrons. The summed E-state index contributed by atoms with van der Waals surface area (Å²) in [6, 6.07) is 8.31. The Morgan fingerprint density at radius 2 is 2.07 bits per heavy atom. The minimum absolute atomic E-state index is 0.0630. The topological polar surface area (TPSA) is 35.2 Å². The van der Waals surface area contributed by atoms with Gasteiger partial charge in [-0.25, -0.2) is 0 Å². The van der Waals surface area contributed by atoms with Gasteiger partial charge in [0.1, 0.15) is 5.75 Å². The first kappa shape index (κ1) is 9.22. The Morgan fingerprint density at radius 3 is 2.80 bits per heavy atom. The molecule has 2 N–H and O–H groups in total. The molecule has 1 aromatic carbocycles. The Bertz CT molecular complexity index is 371. The predicted octanol–water partition coefficient (Wildman–Crippen LogP) is 2.12. The van der Waals surface area contributed by atoms with Crippen molar-refractivity contribution in [3.63, 3.8) is 0 Å². The molecule has 2 heteroatoms. The zero-order valence-corrected chi connectivity index (χ0v) is 8.91. The fourth-order valence-electron chi connectivity index (χ4n) is 2.69.